The van der Waals surface area contributed by atoms with Crippen molar-refractivity contribution in [1.82, 2.24) is 0 Å². The van der Waals surface area contributed by atoms with Crippen molar-refractivity contribution >= 4 is 28.4 Å². The number of carbonyl (C=O) groups excluding carboxylic acids is 1. The summed E-state index contributed by atoms with van der Waals surface area (Å²) in [5.41, 5.74) is 7.87. The molecule has 0 aliphatic heterocycles. The van der Waals surface area contributed by atoms with Gasteiger partial charge in [-0.2, -0.15) is 0 Å². The van der Waals surface area contributed by atoms with Crippen molar-refractivity contribution in [2.24, 2.45) is 5.14 Å². The number of aryl methyl sites for hydroxylation is 3. The summed E-state index contributed by atoms with van der Waals surface area (Å²) in [7, 11) is -0.862. The lowest BCUT2D eigenvalue weighted by molar-refractivity contribution is -0.141. The third-order valence-corrected chi connectivity index (χ3v) is 6.29. The molecule has 1 unspecified atom stereocenters. The standard InChI is InChI=1S/C27H32N2O3S/c1-6-31-26(30)17-29(33(5)28)25-14-13-24(15-21(25)4)32-18-22-11-8-12-23(16-22)27-19(2)9-7-10-20(27)3/h7-16H,5-6,17-18,28H2,1-4H3. The number of esters is 1. The molecule has 174 valence electrons. The maximum atomic E-state index is 12.0. The van der Waals surface area contributed by atoms with Crippen LogP contribution in [0.1, 0.15) is 29.2 Å². The third kappa shape index (κ3) is 6.24. The molecule has 0 fully saturated rings. The van der Waals surface area contributed by atoms with Crippen LogP contribution in [-0.4, -0.2) is 25.0 Å². The smallest absolute Gasteiger partial charge is 0.326 e. The van der Waals surface area contributed by atoms with Gasteiger partial charge in [-0.05, 0) is 102 Å². The first kappa shape index (κ1) is 24.6. The fraction of sp³-hybridized carbons (Fsp3) is 0.259. The van der Waals surface area contributed by atoms with Crippen LogP contribution < -0.4 is 14.2 Å². The SMILES string of the molecule is C=S(N)N(CC(=O)OCC)c1ccc(OCc2cccc(-c3c(C)cccc3C)c2)cc1C. The largest absolute Gasteiger partial charge is 0.489 e. The molecule has 1 atom stereocenters. The maximum Gasteiger partial charge on any atom is 0.326 e. The van der Waals surface area contributed by atoms with E-state index in [1.54, 1.807) is 11.2 Å². The molecule has 33 heavy (non-hydrogen) atoms. The molecule has 0 aliphatic rings. The molecule has 0 amide bonds. The van der Waals surface area contributed by atoms with E-state index in [1.165, 1.54) is 22.3 Å². The normalized spacial score (nSPS) is 11.7. The van der Waals surface area contributed by atoms with Crippen LogP contribution in [0.15, 0.2) is 60.7 Å². The van der Waals surface area contributed by atoms with E-state index in [9.17, 15) is 4.79 Å². The molecule has 0 aromatic heterocycles. The second-order valence-corrected chi connectivity index (χ2v) is 9.19. The molecule has 2 N–H and O–H groups in total. The Labute approximate surface area is 199 Å². The molecule has 3 rings (SSSR count). The van der Waals surface area contributed by atoms with Gasteiger partial charge in [0.05, 0.1) is 12.3 Å². The summed E-state index contributed by atoms with van der Waals surface area (Å²) in [6.07, 6.45) is 0. The predicted octanol–water partition coefficient (Wildman–Crippen LogP) is 5.72. The van der Waals surface area contributed by atoms with Crippen LogP contribution in [-0.2, 0) is 16.1 Å². The van der Waals surface area contributed by atoms with E-state index in [0.717, 1.165) is 22.6 Å². The zero-order chi connectivity index (χ0) is 24.0. The topological polar surface area (TPSA) is 64.8 Å². The lowest BCUT2D eigenvalue weighted by Gasteiger charge is -2.25. The summed E-state index contributed by atoms with van der Waals surface area (Å²) < 4.78 is 12.9. The van der Waals surface area contributed by atoms with Crippen LogP contribution in [0.3, 0.4) is 0 Å². The Bertz CT molecular complexity index is 1140. The van der Waals surface area contributed by atoms with Crippen molar-refractivity contribution in [1.29, 1.82) is 0 Å². The number of rotatable bonds is 9. The first-order valence-electron chi connectivity index (χ1n) is 10.9. The summed E-state index contributed by atoms with van der Waals surface area (Å²) in [4.78, 5) is 12.0. The van der Waals surface area contributed by atoms with E-state index >= 15 is 0 Å². The summed E-state index contributed by atoms with van der Waals surface area (Å²) in [6.45, 7) is 8.87. The lowest BCUT2D eigenvalue weighted by Crippen LogP contribution is -2.29. The van der Waals surface area contributed by atoms with Crippen molar-refractivity contribution in [3.63, 3.8) is 0 Å². The van der Waals surface area contributed by atoms with Gasteiger partial charge in [0.15, 0.2) is 0 Å². The Morgan fingerprint density at radius 2 is 1.70 bits per heavy atom. The van der Waals surface area contributed by atoms with Gasteiger partial charge in [-0.25, -0.2) is 0 Å². The van der Waals surface area contributed by atoms with Gasteiger partial charge < -0.3 is 9.47 Å². The highest BCUT2D eigenvalue weighted by Gasteiger charge is 2.16. The van der Waals surface area contributed by atoms with E-state index in [4.69, 9.17) is 14.6 Å². The highest BCUT2D eigenvalue weighted by molar-refractivity contribution is 8.13. The average molecular weight is 465 g/mol. The molecule has 0 heterocycles. The number of carbonyl (C=O) groups is 1. The van der Waals surface area contributed by atoms with E-state index < -0.39 is 10.9 Å². The lowest BCUT2D eigenvalue weighted by atomic mass is 9.95. The molecule has 0 radical (unpaired) electrons. The van der Waals surface area contributed by atoms with Crippen molar-refractivity contribution in [3.05, 3.63) is 82.9 Å². The molecule has 5 nitrogen and oxygen atoms in total. The minimum atomic E-state index is -0.862. The number of nitrogens with two attached hydrogens (primary N) is 1. The van der Waals surface area contributed by atoms with Crippen LogP contribution >= 0.6 is 10.9 Å². The Morgan fingerprint density at radius 3 is 2.33 bits per heavy atom. The highest BCUT2D eigenvalue weighted by atomic mass is 32.2. The Hall–Kier alpha value is -3.09. The second kappa shape index (κ2) is 11.2. The molecule has 0 aliphatic carbocycles. The summed E-state index contributed by atoms with van der Waals surface area (Å²) in [5, 5.41) is 6.04. The summed E-state index contributed by atoms with van der Waals surface area (Å²) in [5.74, 6) is 4.33. The van der Waals surface area contributed by atoms with Crippen LogP contribution in [0.4, 0.5) is 5.69 Å². The van der Waals surface area contributed by atoms with Gasteiger partial charge in [0.25, 0.3) is 0 Å². The van der Waals surface area contributed by atoms with Crippen LogP contribution in [0.5, 0.6) is 5.75 Å². The molecule has 0 spiro atoms. The monoisotopic (exact) mass is 464 g/mol. The fourth-order valence-corrected chi connectivity index (χ4v) is 4.60. The molecule has 6 heteroatoms. The van der Waals surface area contributed by atoms with Crippen LogP contribution in [0.2, 0.25) is 0 Å². The van der Waals surface area contributed by atoms with Crippen molar-refractivity contribution in [3.8, 4) is 16.9 Å². The van der Waals surface area contributed by atoms with Crippen molar-refractivity contribution in [2.75, 3.05) is 17.5 Å². The maximum absolute atomic E-state index is 12.0. The Balaban J connectivity index is 1.75. The number of benzene rings is 3. The van der Waals surface area contributed by atoms with E-state index in [1.807, 2.05) is 25.1 Å². The number of ether oxygens (including phenoxy) is 2. The zero-order valence-electron chi connectivity index (χ0n) is 19.8. The van der Waals surface area contributed by atoms with Gasteiger partial charge in [-0.3, -0.25) is 14.2 Å². The van der Waals surface area contributed by atoms with E-state index in [2.05, 4.69) is 62.2 Å². The van der Waals surface area contributed by atoms with Gasteiger partial charge in [0.1, 0.15) is 18.9 Å². The van der Waals surface area contributed by atoms with Gasteiger partial charge in [-0.15, -0.1) is 0 Å². The Kier molecular flexibility index (Phi) is 8.31. The number of hydrogen-bond donors (Lipinski definition) is 1. The zero-order valence-corrected chi connectivity index (χ0v) is 20.6. The number of nitrogens with zero attached hydrogens (tertiary/aromatic N) is 1. The predicted molar refractivity (Wildman–Crippen MR) is 140 cm³/mol. The molecule has 3 aromatic rings. The van der Waals surface area contributed by atoms with E-state index in [0.29, 0.717) is 13.2 Å². The molecule has 0 saturated carbocycles. The Morgan fingerprint density at radius 1 is 1.00 bits per heavy atom. The van der Waals surface area contributed by atoms with E-state index in [-0.39, 0.29) is 12.5 Å². The first-order valence-corrected chi connectivity index (χ1v) is 12.3. The third-order valence-electron chi connectivity index (χ3n) is 5.40. The minimum absolute atomic E-state index is 0.0586. The molecule has 0 saturated heterocycles. The summed E-state index contributed by atoms with van der Waals surface area (Å²) in [6, 6.07) is 20.6. The summed E-state index contributed by atoms with van der Waals surface area (Å²) >= 11 is 0. The minimum Gasteiger partial charge on any atom is -0.489 e. The van der Waals surface area contributed by atoms with Crippen LogP contribution in [0, 0.1) is 20.8 Å². The van der Waals surface area contributed by atoms with Gasteiger partial charge >= 0.3 is 5.97 Å². The molecular weight excluding hydrogens is 432 g/mol. The quantitative estimate of drug-likeness (QED) is 0.324. The van der Waals surface area contributed by atoms with Gasteiger partial charge in [-0.1, -0.05) is 36.4 Å². The number of anilines is 1. The van der Waals surface area contributed by atoms with Gasteiger partial charge in [0, 0.05) is 0 Å². The average Bonchev–Trinajstić information content (AvgIpc) is 2.77. The second-order valence-electron chi connectivity index (χ2n) is 7.95. The van der Waals surface area contributed by atoms with Crippen LogP contribution in [0.25, 0.3) is 11.1 Å². The highest BCUT2D eigenvalue weighted by Crippen LogP contribution is 2.31. The number of hydrogen-bond acceptors (Lipinski definition) is 5. The molecular formula is C27H32N2O3S. The first-order chi connectivity index (χ1) is 15.8. The van der Waals surface area contributed by atoms with Crippen molar-refractivity contribution in [2.45, 2.75) is 34.3 Å². The fourth-order valence-electron chi connectivity index (χ4n) is 3.87. The molecule has 0 bridgehead atoms. The molecule has 3 aromatic carbocycles. The van der Waals surface area contributed by atoms with Crippen molar-refractivity contribution < 1.29 is 14.3 Å². The van der Waals surface area contributed by atoms with Gasteiger partial charge in [0.2, 0.25) is 0 Å².